The lowest BCUT2D eigenvalue weighted by atomic mass is 9.78. The molecule has 1 saturated heterocycles. The molecule has 1 aromatic rings. The molecule has 0 atom stereocenters. The largest absolute Gasteiger partial charge is 0.499 e. The molecule has 1 aliphatic rings. The second-order valence-corrected chi connectivity index (χ2v) is 6.53. The third kappa shape index (κ3) is 2.13. The van der Waals surface area contributed by atoms with Crippen molar-refractivity contribution in [2.24, 2.45) is 0 Å². The number of benzene rings is 1. The number of halogens is 2. The van der Waals surface area contributed by atoms with Gasteiger partial charge in [0.1, 0.15) is 5.82 Å². The predicted octanol–water partition coefficient (Wildman–Crippen LogP) is 3.20. The molecule has 0 bridgehead atoms. The van der Waals surface area contributed by atoms with E-state index in [0.717, 1.165) is 0 Å². The molecule has 2 rings (SSSR count). The minimum Gasteiger partial charge on any atom is -0.399 e. The smallest absolute Gasteiger partial charge is 0.399 e. The molecule has 98 valence electrons. The second kappa shape index (κ2) is 4.32. The Labute approximate surface area is 116 Å². The maximum absolute atomic E-state index is 14.2. The Hall–Kier alpha value is -0.385. The fourth-order valence-electron chi connectivity index (χ4n) is 1.86. The van der Waals surface area contributed by atoms with Gasteiger partial charge in [-0.05, 0) is 46.2 Å². The molecule has 0 saturated carbocycles. The van der Waals surface area contributed by atoms with Crippen LogP contribution in [0.3, 0.4) is 0 Å². The van der Waals surface area contributed by atoms with Crippen LogP contribution in [-0.4, -0.2) is 18.3 Å². The van der Waals surface area contributed by atoms with E-state index in [0.29, 0.717) is 15.5 Å². The van der Waals surface area contributed by atoms with E-state index in [-0.39, 0.29) is 5.82 Å². The van der Waals surface area contributed by atoms with Gasteiger partial charge in [-0.2, -0.15) is 0 Å². The molecule has 0 aromatic heterocycles. The SMILES string of the molecule is Cc1ccc(Br)c(B2OC(C)(C)C(C)(C)O2)c1F. The van der Waals surface area contributed by atoms with Crippen LogP contribution in [0.2, 0.25) is 0 Å². The highest BCUT2D eigenvalue weighted by molar-refractivity contribution is 9.10. The lowest BCUT2D eigenvalue weighted by Crippen LogP contribution is -2.41. The summed E-state index contributed by atoms with van der Waals surface area (Å²) >= 11 is 3.37. The lowest BCUT2D eigenvalue weighted by Gasteiger charge is -2.32. The van der Waals surface area contributed by atoms with Crippen molar-refractivity contribution >= 4 is 28.5 Å². The van der Waals surface area contributed by atoms with Gasteiger partial charge in [0, 0.05) is 9.94 Å². The molecule has 5 heteroatoms. The van der Waals surface area contributed by atoms with Gasteiger partial charge < -0.3 is 9.31 Å². The predicted molar refractivity (Wildman–Crippen MR) is 74.6 cm³/mol. The third-order valence-electron chi connectivity index (χ3n) is 3.81. The molecule has 0 aliphatic carbocycles. The minimum atomic E-state index is -0.677. The number of hydrogen-bond donors (Lipinski definition) is 0. The zero-order valence-electron chi connectivity index (χ0n) is 11.3. The van der Waals surface area contributed by atoms with Crippen LogP contribution >= 0.6 is 15.9 Å². The van der Waals surface area contributed by atoms with E-state index in [2.05, 4.69) is 15.9 Å². The molecular weight excluding hydrogens is 298 g/mol. The van der Waals surface area contributed by atoms with Gasteiger partial charge >= 0.3 is 7.12 Å². The van der Waals surface area contributed by atoms with Crippen molar-refractivity contribution in [3.63, 3.8) is 0 Å². The second-order valence-electron chi connectivity index (χ2n) is 5.68. The summed E-state index contributed by atoms with van der Waals surface area (Å²) in [6.07, 6.45) is 0. The van der Waals surface area contributed by atoms with Crippen LogP contribution in [-0.2, 0) is 9.31 Å². The summed E-state index contributed by atoms with van der Waals surface area (Å²) in [5, 5.41) is 0. The van der Waals surface area contributed by atoms with Gasteiger partial charge in [0.2, 0.25) is 0 Å². The van der Waals surface area contributed by atoms with Gasteiger partial charge in [0.05, 0.1) is 11.2 Å². The molecule has 0 radical (unpaired) electrons. The van der Waals surface area contributed by atoms with Crippen LogP contribution < -0.4 is 5.46 Å². The Kier molecular flexibility index (Phi) is 3.37. The van der Waals surface area contributed by atoms with Crippen LogP contribution in [0.15, 0.2) is 16.6 Å². The van der Waals surface area contributed by atoms with Crippen molar-refractivity contribution in [3.05, 3.63) is 28.0 Å². The maximum atomic E-state index is 14.2. The lowest BCUT2D eigenvalue weighted by molar-refractivity contribution is 0.00578. The van der Waals surface area contributed by atoms with E-state index in [9.17, 15) is 4.39 Å². The summed E-state index contributed by atoms with van der Waals surface area (Å²) in [5.74, 6) is -0.275. The van der Waals surface area contributed by atoms with E-state index in [1.807, 2.05) is 33.8 Å². The molecule has 18 heavy (non-hydrogen) atoms. The zero-order valence-corrected chi connectivity index (χ0v) is 12.9. The van der Waals surface area contributed by atoms with Crippen LogP contribution in [0, 0.1) is 12.7 Å². The molecule has 2 nitrogen and oxygen atoms in total. The molecule has 0 spiro atoms. The average molecular weight is 315 g/mol. The quantitative estimate of drug-likeness (QED) is 0.741. The molecule has 0 unspecified atom stereocenters. The van der Waals surface area contributed by atoms with E-state index < -0.39 is 18.3 Å². The van der Waals surface area contributed by atoms with Crippen LogP contribution in [0.1, 0.15) is 33.3 Å². The fourth-order valence-corrected chi connectivity index (χ4v) is 2.35. The minimum absolute atomic E-state index is 0.275. The van der Waals surface area contributed by atoms with Gasteiger partial charge in [0.15, 0.2) is 0 Å². The summed E-state index contributed by atoms with van der Waals surface area (Å²) in [6.45, 7) is 9.54. The van der Waals surface area contributed by atoms with E-state index in [1.54, 1.807) is 13.0 Å². The van der Waals surface area contributed by atoms with E-state index in [1.165, 1.54) is 0 Å². The first kappa shape index (κ1) is 14.0. The summed E-state index contributed by atoms with van der Waals surface area (Å²) in [7, 11) is -0.677. The summed E-state index contributed by atoms with van der Waals surface area (Å²) in [4.78, 5) is 0. The van der Waals surface area contributed by atoms with Crippen molar-refractivity contribution in [3.8, 4) is 0 Å². The van der Waals surface area contributed by atoms with Crippen molar-refractivity contribution in [1.29, 1.82) is 0 Å². The van der Waals surface area contributed by atoms with Gasteiger partial charge in [-0.25, -0.2) is 4.39 Å². The molecule has 0 N–H and O–H groups in total. The zero-order chi connectivity index (χ0) is 13.7. The third-order valence-corrected chi connectivity index (χ3v) is 4.50. The molecule has 1 fully saturated rings. The Morgan fingerprint density at radius 2 is 1.61 bits per heavy atom. The topological polar surface area (TPSA) is 18.5 Å². The Morgan fingerprint density at radius 3 is 2.11 bits per heavy atom. The summed E-state index contributed by atoms with van der Waals surface area (Å²) < 4.78 is 26.6. The highest BCUT2D eigenvalue weighted by Crippen LogP contribution is 2.37. The summed E-state index contributed by atoms with van der Waals surface area (Å²) in [6, 6.07) is 3.55. The molecular formula is C13H17BBrFO2. The first-order valence-corrected chi connectivity index (χ1v) is 6.75. The monoisotopic (exact) mass is 314 g/mol. The molecule has 0 amide bonds. The Bertz CT molecular complexity index is 472. The number of hydrogen-bond acceptors (Lipinski definition) is 2. The van der Waals surface area contributed by atoms with Crippen LogP contribution in [0.5, 0.6) is 0 Å². The first-order valence-electron chi connectivity index (χ1n) is 5.96. The van der Waals surface area contributed by atoms with Gasteiger partial charge in [-0.3, -0.25) is 0 Å². The normalized spacial score (nSPS) is 21.4. The standard InChI is InChI=1S/C13H17BBrFO2/c1-8-6-7-9(15)10(11(8)16)14-17-12(2,3)13(4,5)18-14/h6-7H,1-5H3. The Morgan fingerprint density at radius 1 is 1.11 bits per heavy atom. The van der Waals surface area contributed by atoms with Gasteiger partial charge in [-0.1, -0.05) is 22.0 Å². The van der Waals surface area contributed by atoms with Crippen LogP contribution in [0.25, 0.3) is 0 Å². The fraction of sp³-hybridized carbons (Fsp3) is 0.538. The van der Waals surface area contributed by atoms with Crippen LogP contribution in [0.4, 0.5) is 4.39 Å². The number of aryl methyl sites for hydroxylation is 1. The van der Waals surface area contributed by atoms with Crippen molar-refractivity contribution < 1.29 is 13.7 Å². The first-order chi connectivity index (χ1) is 8.16. The van der Waals surface area contributed by atoms with Crippen molar-refractivity contribution in [2.75, 3.05) is 0 Å². The van der Waals surface area contributed by atoms with Crippen molar-refractivity contribution in [1.82, 2.24) is 0 Å². The van der Waals surface area contributed by atoms with E-state index in [4.69, 9.17) is 9.31 Å². The number of rotatable bonds is 1. The highest BCUT2D eigenvalue weighted by Gasteiger charge is 2.53. The average Bonchev–Trinajstić information content (AvgIpc) is 2.43. The Balaban J connectivity index is 2.44. The maximum Gasteiger partial charge on any atom is 0.499 e. The van der Waals surface area contributed by atoms with Gasteiger partial charge in [0.25, 0.3) is 0 Å². The molecule has 1 aliphatic heterocycles. The molecule has 1 heterocycles. The van der Waals surface area contributed by atoms with Gasteiger partial charge in [-0.15, -0.1) is 0 Å². The highest BCUT2D eigenvalue weighted by atomic mass is 79.9. The molecule has 1 aromatic carbocycles. The van der Waals surface area contributed by atoms with E-state index >= 15 is 0 Å². The van der Waals surface area contributed by atoms with Crippen molar-refractivity contribution in [2.45, 2.75) is 45.8 Å². The summed E-state index contributed by atoms with van der Waals surface area (Å²) in [5.41, 5.74) is 0.0946.